The van der Waals surface area contributed by atoms with Crippen LogP contribution >= 0.6 is 10.7 Å². The summed E-state index contributed by atoms with van der Waals surface area (Å²) in [5, 5.41) is 2.68. The molecule has 0 amide bonds. The van der Waals surface area contributed by atoms with Gasteiger partial charge < -0.3 is 4.42 Å². The van der Waals surface area contributed by atoms with E-state index < -0.39 is 9.24 Å². The number of hydrogen-bond donors (Lipinski definition) is 0. The first-order chi connectivity index (χ1) is 12.0. The monoisotopic (exact) mass is 369 g/mol. The summed E-state index contributed by atoms with van der Waals surface area (Å²) in [4.78, 5) is 0. The first kappa shape index (κ1) is 15.9. The van der Waals surface area contributed by atoms with Gasteiger partial charge >= 0.3 is 9.24 Å². The first-order valence-corrected chi connectivity index (χ1v) is 9.79. The van der Waals surface area contributed by atoms with Gasteiger partial charge in [-0.2, -0.15) is 8.42 Å². The van der Waals surface area contributed by atoms with E-state index >= 15 is 0 Å². The average Bonchev–Trinajstić information content (AvgIpc) is 2.60. The van der Waals surface area contributed by atoms with E-state index in [0.717, 1.165) is 16.3 Å². The van der Waals surface area contributed by atoms with Gasteiger partial charge in [0.1, 0.15) is 11.3 Å². The van der Waals surface area contributed by atoms with Crippen molar-refractivity contribution >= 4 is 41.7 Å². The van der Waals surface area contributed by atoms with Crippen molar-refractivity contribution in [2.45, 2.75) is 0 Å². The summed E-state index contributed by atoms with van der Waals surface area (Å²) in [5.74, 6) is 0.516. The lowest BCUT2D eigenvalue weighted by Crippen LogP contribution is -2.06. The lowest BCUT2D eigenvalue weighted by molar-refractivity contribution is 0.609. The Balaban J connectivity index is 2.19. The molecule has 4 nitrogen and oxygen atoms in total. The molecule has 4 rings (SSSR count). The summed E-state index contributed by atoms with van der Waals surface area (Å²) >= 11 is 0. The molecule has 4 aromatic rings. The van der Waals surface area contributed by atoms with Gasteiger partial charge in [0, 0.05) is 22.3 Å². The lowest BCUT2D eigenvalue weighted by atomic mass is 10.0. The van der Waals surface area contributed by atoms with Crippen molar-refractivity contribution in [3.8, 4) is 11.3 Å². The molecule has 1 aromatic heterocycles. The smallest absolute Gasteiger partial charge is 0.340 e. The minimum absolute atomic E-state index is 0.256. The van der Waals surface area contributed by atoms with Gasteiger partial charge in [0.25, 0.3) is 0 Å². The van der Waals surface area contributed by atoms with Gasteiger partial charge in [0.15, 0.2) is 0 Å². The van der Waals surface area contributed by atoms with Crippen molar-refractivity contribution in [2.24, 2.45) is 4.40 Å². The summed E-state index contributed by atoms with van der Waals surface area (Å²) in [5.41, 5.74) is 1.36. The zero-order chi connectivity index (χ0) is 17.4. The maximum Gasteiger partial charge on any atom is 0.340 e. The Morgan fingerprint density at radius 1 is 0.880 bits per heavy atom. The fourth-order valence-electron chi connectivity index (χ4n) is 2.88. The Morgan fingerprint density at radius 2 is 1.60 bits per heavy atom. The normalized spacial score (nSPS) is 12.8. The van der Waals surface area contributed by atoms with E-state index in [2.05, 4.69) is 4.40 Å². The molecule has 0 bridgehead atoms. The second kappa shape index (κ2) is 6.02. The molecule has 0 aliphatic carbocycles. The third kappa shape index (κ3) is 3.16. The number of fused-ring (bicyclic) bond motifs is 3. The lowest BCUT2D eigenvalue weighted by Gasteiger charge is -2.07. The van der Waals surface area contributed by atoms with Crippen LogP contribution in [0.25, 0.3) is 33.1 Å². The van der Waals surface area contributed by atoms with Crippen molar-refractivity contribution in [2.75, 3.05) is 0 Å². The van der Waals surface area contributed by atoms with E-state index in [1.165, 1.54) is 0 Å². The molecule has 0 saturated carbocycles. The molecule has 0 radical (unpaired) electrons. The van der Waals surface area contributed by atoms with Crippen LogP contribution in [0.4, 0.5) is 0 Å². The van der Waals surface area contributed by atoms with Crippen LogP contribution in [0.3, 0.4) is 0 Å². The Kier molecular flexibility index (Phi) is 3.82. The predicted octanol–water partition coefficient (Wildman–Crippen LogP) is 4.64. The quantitative estimate of drug-likeness (QED) is 0.382. The van der Waals surface area contributed by atoms with E-state index in [1.807, 2.05) is 66.7 Å². The second-order valence-corrected chi connectivity index (χ2v) is 7.70. The van der Waals surface area contributed by atoms with Crippen LogP contribution in [0, 0.1) is 0 Å². The Labute approximate surface area is 148 Å². The average molecular weight is 370 g/mol. The van der Waals surface area contributed by atoms with Gasteiger partial charge in [-0.15, -0.1) is 4.40 Å². The molecule has 6 heteroatoms. The van der Waals surface area contributed by atoms with Crippen LogP contribution in [0.1, 0.15) is 0 Å². The second-order valence-electron chi connectivity index (χ2n) is 5.53. The highest BCUT2D eigenvalue weighted by Crippen LogP contribution is 2.27. The van der Waals surface area contributed by atoms with Crippen molar-refractivity contribution in [3.63, 3.8) is 0 Å². The maximum absolute atomic E-state index is 11.6. The molecule has 3 aromatic carbocycles. The van der Waals surface area contributed by atoms with E-state index in [0.29, 0.717) is 16.7 Å². The Bertz CT molecular complexity index is 1260. The summed E-state index contributed by atoms with van der Waals surface area (Å²) in [6, 6.07) is 22.4. The fourth-order valence-corrected chi connectivity index (χ4v) is 3.48. The molecule has 124 valence electrons. The van der Waals surface area contributed by atoms with E-state index in [1.54, 1.807) is 6.07 Å². The largest absolute Gasteiger partial charge is 0.456 e. The number of rotatable bonds is 2. The summed E-state index contributed by atoms with van der Waals surface area (Å²) in [7, 11) is 1.31. The molecule has 1 heterocycles. The van der Waals surface area contributed by atoms with Crippen molar-refractivity contribution in [1.82, 2.24) is 0 Å². The maximum atomic E-state index is 11.6. The van der Waals surface area contributed by atoms with Gasteiger partial charge in [0.05, 0.1) is 10.7 Å². The van der Waals surface area contributed by atoms with Crippen molar-refractivity contribution < 1.29 is 12.8 Å². The first-order valence-electron chi connectivity index (χ1n) is 7.53. The van der Waals surface area contributed by atoms with Crippen molar-refractivity contribution in [3.05, 3.63) is 78.2 Å². The van der Waals surface area contributed by atoms with E-state index in [9.17, 15) is 8.42 Å². The molecule has 0 saturated heterocycles. The highest BCUT2D eigenvalue weighted by molar-refractivity contribution is 8.12. The Morgan fingerprint density at radius 3 is 2.36 bits per heavy atom. The summed E-state index contributed by atoms with van der Waals surface area (Å²) < 4.78 is 32.9. The topological polar surface area (TPSA) is 59.6 Å². The molecule has 25 heavy (non-hydrogen) atoms. The third-order valence-corrected chi connectivity index (χ3v) is 4.52. The molecule has 0 N–H and O–H groups in total. The zero-order valence-electron chi connectivity index (χ0n) is 12.9. The van der Waals surface area contributed by atoms with Crippen LogP contribution in [-0.4, -0.2) is 8.42 Å². The van der Waals surface area contributed by atoms with Crippen LogP contribution in [0.15, 0.2) is 81.6 Å². The summed E-state index contributed by atoms with van der Waals surface area (Å²) in [6.07, 6.45) is 0. The number of hydrogen-bond acceptors (Lipinski definition) is 3. The highest BCUT2D eigenvalue weighted by Gasteiger charge is 2.11. The molecule has 0 aliphatic rings. The predicted molar refractivity (Wildman–Crippen MR) is 99.5 cm³/mol. The zero-order valence-corrected chi connectivity index (χ0v) is 14.5. The van der Waals surface area contributed by atoms with Gasteiger partial charge in [-0.1, -0.05) is 60.7 Å². The minimum atomic E-state index is -4.08. The third-order valence-electron chi connectivity index (χ3n) is 3.90. The molecule has 0 unspecified atom stereocenters. The molecule has 0 fully saturated rings. The minimum Gasteiger partial charge on any atom is -0.456 e. The molecule has 0 atom stereocenters. The van der Waals surface area contributed by atoms with Crippen LogP contribution in [0.5, 0.6) is 0 Å². The fraction of sp³-hybridized carbons (Fsp3) is 0. The number of nitrogens with zero attached hydrogens (tertiary/aromatic N) is 1. The van der Waals surface area contributed by atoms with Gasteiger partial charge in [-0.05, 0) is 16.8 Å². The number of benzene rings is 3. The molecule has 0 aliphatic heterocycles. The molecular weight excluding hydrogens is 358 g/mol. The van der Waals surface area contributed by atoms with E-state index in [-0.39, 0.29) is 5.36 Å². The van der Waals surface area contributed by atoms with Gasteiger partial charge in [0.2, 0.25) is 0 Å². The van der Waals surface area contributed by atoms with Crippen molar-refractivity contribution in [1.29, 1.82) is 0 Å². The molecule has 0 spiro atoms. The Hall–Kier alpha value is -2.63. The number of halogens is 1. The highest BCUT2D eigenvalue weighted by atomic mass is 35.7. The SMILES string of the molecule is O=S(=O)(Cl)/N=c1\cc(-c2ccccc2)oc2ccc3ccccc3c12. The van der Waals surface area contributed by atoms with Gasteiger partial charge in [-0.3, -0.25) is 0 Å². The standard InChI is InChI=1S/C19H12ClNO3S/c20-25(22,23)21-16-12-18(14-7-2-1-3-8-14)24-17-11-10-13-6-4-5-9-15(13)19(16)17/h1-12H/b21-16+. The van der Waals surface area contributed by atoms with Gasteiger partial charge in [-0.25, -0.2) is 0 Å². The van der Waals surface area contributed by atoms with E-state index in [4.69, 9.17) is 15.1 Å². The van der Waals surface area contributed by atoms with Crippen LogP contribution in [-0.2, 0) is 9.24 Å². The van der Waals surface area contributed by atoms with Crippen LogP contribution in [0.2, 0.25) is 0 Å². The summed E-state index contributed by atoms with van der Waals surface area (Å²) in [6.45, 7) is 0. The van der Waals surface area contributed by atoms with Crippen LogP contribution < -0.4 is 5.36 Å². The molecular formula is C19H12ClNO3S.